The van der Waals surface area contributed by atoms with E-state index in [1.807, 2.05) is 6.07 Å². The van der Waals surface area contributed by atoms with Gasteiger partial charge in [0.05, 0.1) is 22.2 Å². The number of aromatic nitrogens is 2. The maximum absolute atomic E-state index is 10.6. The molecule has 2 aromatic rings. The molecule has 0 saturated carbocycles. The van der Waals surface area contributed by atoms with Crippen LogP contribution in [0.25, 0.3) is 5.69 Å². The second-order valence-electron chi connectivity index (χ2n) is 3.24. The van der Waals surface area contributed by atoms with Crippen LogP contribution in [-0.4, -0.2) is 14.7 Å². The predicted octanol–water partition coefficient (Wildman–Crippen LogP) is 1.23. The molecule has 17 heavy (non-hydrogen) atoms. The summed E-state index contributed by atoms with van der Waals surface area (Å²) >= 11 is 0. The number of nitriles is 1. The fraction of sp³-hybridized carbons (Fsp3) is 0. The van der Waals surface area contributed by atoms with Crippen LogP contribution in [0.2, 0.25) is 0 Å². The third kappa shape index (κ3) is 1.79. The summed E-state index contributed by atoms with van der Waals surface area (Å²) in [6, 6.07) is 8.38. The number of nitrogens with two attached hydrogens (primary N) is 1. The summed E-state index contributed by atoms with van der Waals surface area (Å²) < 4.78 is 1.25. The van der Waals surface area contributed by atoms with Gasteiger partial charge < -0.3 is 5.73 Å². The molecule has 0 aliphatic heterocycles. The summed E-state index contributed by atoms with van der Waals surface area (Å²) in [5.74, 6) is -0.0419. The molecule has 0 unspecified atom stereocenters. The maximum Gasteiger partial charge on any atom is 0.331 e. The highest BCUT2D eigenvalue weighted by Crippen LogP contribution is 2.23. The molecular formula is C10H7N5O2. The Labute approximate surface area is 95.8 Å². The molecule has 0 aliphatic rings. The average molecular weight is 229 g/mol. The van der Waals surface area contributed by atoms with Gasteiger partial charge >= 0.3 is 5.69 Å². The van der Waals surface area contributed by atoms with Crippen molar-refractivity contribution in [1.29, 1.82) is 5.26 Å². The zero-order valence-corrected chi connectivity index (χ0v) is 8.57. The van der Waals surface area contributed by atoms with Crippen LogP contribution < -0.4 is 5.73 Å². The van der Waals surface area contributed by atoms with E-state index in [1.54, 1.807) is 24.3 Å². The number of benzene rings is 1. The third-order valence-corrected chi connectivity index (χ3v) is 2.22. The van der Waals surface area contributed by atoms with Crippen molar-refractivity contribution in [2.24, 2.45) is 0 Å². The molecule has 7 heteroatoms. The van der Waals surface area contributed by atoms with Crippen LogP contribution in [0.5, 0.6) is 0 Å². The molecule has 0 spiro atoms. The van der Waals surface area contributed by atoms with Crippen LogP contribution in [0, 0.1) is 21.4 Å². The topological polar surface area (TPSA) is 111 Å². The predicted molar refractivity (Wildman–Crippen MR) is 59.3 cm³/mol. The Bertz CT molecular complexity index is 609. The zero-order chi connectivity index (χ0) is 12.4. The first-order chi connectivity index (χ1) is 8.13. The van der Waals surface area contributed by atoms with E-state index < -0.39 is 4.92 Å². The van der Waals surface area contributed by atoms with Crippen molar-refractivity contribution >= 4 is 11.5 Å². The van der Waals surface area contributed by atoms with Crippen LogP contribution in [0.4, 0.5) is 11.5 Å². The van der Waals surface area contributed by atoms with Gasteiger partial charge in [-0.15, -0.1) is 0 Å². The molecule has 0 aliphatic carbocycles. The van der Waals surface area contributed by atoms with Gasteiger partial charge in [0.25, 0.3) is 0 Å². The Kier molecular flexibility index (Phi) is 2.46. The molecule has 1 aromatic heterocycles. The Morgan fingerprint density at radius 1 is 1.41 bits per heavy atom. The van der Waals surface area contributed by atoms with Gasteiger partial charge in [-0.25, -0.2) is 4.68 Å². The van der Waals surface area contributed by atoms with Crippen LogP contribution in [0.1, 0.15) is 5.56 Å². The lowest BCUT2D eigenvalue weighted by atomic mass is 10.2. The van der Waals surface area contributed by atoms with Crippen molar-refractivity contribution in [3.63, 3.8) is 0 Å². The Morgan fingerprint density at radius 3 is 2.53 bits per heavy atom. The minimum atomic E-state index is -0.595. The van der Waals surface area contributed by atoms with E-state index in [2.05, 4.69) is 5.10 Å². The first-order valence-corrected chi connectivity index (χ1v) is 4.62. The van der Waals surface area contributed by atoms with E-state index in [0.29, 0.717) is 11.3 Å². The highest BCUT2D eigenvalue weighted by molar-refractivity contribution is 5.56. The van der Waals surface area contributed by atoms with Crippen molar-refractivity contribution in [3.8, 4) is 11.8 Å². The number of rotatable bonds is 2. The summed E-state index contributed by atoms with van der Waals surface area (Å²) in [6.07, 6.45) is 1.09. The fourth-order valence-corrected chi connectivity index (χ4v) is 1.37. The number of hydrogen-bond acceptors (Lipinski definition) is 5. The van der Waals surface area contributed by atoms with Crippen LogP contribution >= 0.6 is 0 Å². The number of nitro groups is 1. The Morgan fingerprint density at radius 2 is 2.06 bits per heavy atom. The molecule has 0 saturated heterocycles. The number of hydrogen-bond donors (Lipinski definition) is 1. The monoisotopic (exact) mass is 229 g/mol. The van der Waals surface area contributed by atoms with E-state index in [4.69, 9.17) is 11.0 Å². The van der Waals surface area contributed by atoms with Gasteiger partial charge in [0.2, 0.25) is 5.82 Å². The molecule has 0 bridgehead atoms. The molecule has 0 atom stereocenters. The van der Waals surface area contributed by atoms with Gasteiger partial charge in [-0.05, 0) is 24.3 Å². The standard InChI is InChI=1S/C10H7N5O2/c11-5-7-1-3-8(4-2-7)14-10(12)9(6-13-14)15(16)17/h1-4,6H,12H2. The Hall–Kier alpha value is -2.88. The molecule has 0 amide bonds. The van der Waals surface area contributed by atoms with Crippen molar-refractivity contribution in [2.45, 2.75) is 0 Å². The summed E-state index contributed by atoms with van der Waals surface area (Å²) in [4.78, 5) is 10.0. The minimum absolute atomic E-state index is 0.0419. The van der Waals surface area contributed by atoms with Crippen molar-refractivity contribution < 1.29 is 4.92 Å². The average Bonchev–Trinajstić information content (AvgIpc) is 2.71. The normalized spacial score (nSPS) is 9.82. The van der Waals surface area contributed by atoms with Gasteiger partial charge in [-0.2, -0.15) is 10.4 Å². The number of nitrogen functional groups attached to an aromatic ring is 1. The van der Waals surface area contributed by atoms with E-state index in [9.17, 15) is 10.1 Å². The van der Waals surface area contributed by atoms with E-state index in [1.165, 1.54) is 4.68 Å². The van der Waals surface area contributed by atoms with Crippen molar-refractivity contribution in [2.75, 3.05) is 5.73 Å². The van der Waals surface area contributed by atoms with Gasteiger partial charge in [0.1, 0.15) is 6.20 Å². The second-order valence-corrected chi connectivity index (χ2v) is 3.24. The summed E-state index contributed by atoms with van der Waals surface area (Å²) in [5, 5.41) is 23.1. The van der Waals surface area contributed by atoms with Crippen molar-refractivity contribution in [3.05, 3.63) is 46.1 Å². The van der Waals surface area contributed by atoms with Gasteiger partial charge in [0, 0.05) is 0 Å². The molecule has 2 rings (SSSR count). The third-order valence-electron chi connectivity index (χ3n) is 2.22. The van der Waals surface area contributed by atoms with E-state index in [-0.39, 0.29) is 11.5 Å². The molecule has 0 radical (unpaired) electrons. The van der Waals surface area contributed by atoms with E-state index >= 15 is 0 Å². The number of anilines is 1. The first-order valence-electron chi connectivity index (χ1n) is 4.62. The zero-order valence-electron chi connectivity index (χ0n) is 8.57. The lowest BCUT2D eigenvalue weighted by Gasteiger charge is -2.02. The second kappa shape index (κ2) is 3.94. The quantitative estimate of drug-likeness (QED) is 0.615. The number of nitrogens with zero attached hydrogens (tertiary/aromatic N) is 4. The largest absolute Gasteiger partial charge is 0.378 e. The fourth-order valence-electron chi connectivity index (χ4n) is 1.37. The highest BCUT2D eigenvalue weighted by Gasteiger charge is 2.18. The summed E-state index contributed by atoms with van der Waals surface area (Å²) in [6.45, 7) is 0. The lowest BCUT2D eigenvalue weighted by molar-refractivity contribution is -0.383. The van der Waals surface area contributed by atoms with Gasteiger partial charge in [-0.1, -0.05) is 0 Å². The van der Waals surface area contributed by atoms with Gasteiger partial charge in [0.15, 0.2) is 0 Å². The summed E-state index contributed by atoms with van der Waals surface area (Å²) in [7, 11) is 0. The molecule has 7 nitrogen and oxygen atoms in total. The Balaban J connectivity index is 2.47. The van der Waals surface area contributed by atoms with E-state index in [0.717, 1.165) is 6.20 Å². The van der Waals surface area contributed by atoms with Crippen molar-refractivity contribution in [1.82, 2.24) is 9.78 Å². The molecule has 0 fully saturated rings. The lowest BCUT2D eigenvalue weighted by Crippen LogP contribution is -2.03. The molecule has 2 N–H and O–H groups in total. The minimum Gasteiger partial charge on any atom is -0.378 e. The van der Waals surface area contributed by atoms with Crippen LogP contribution in [0.15, 0.2) is 30.5 Å². The van der Waals surface area contributed by atoms with Crippen LogP contribution in [-0.2, 0) is 0 Å². The molecule has 84 valence electrons. The van der Waals surface area contributed by atoms with Gasteiger partial charge in [-0.3, -0.25) is 10.1 Å². The molecule has 1 heterocycles. The highest BCUT2D eigenvalue weighted by atomic mass is 16.6. The smallest absolute Gasteiger partial charge is 0.331 e. The SMILES string of the molecule is N#Cc1ccc(-n2ncc([N+](=O)[O-])c2N)cc1. The van der Waals surface area contributed by atoms with Crippen LogP contribution in [0.3, 0.4) is 0 Å². The summed E-state index contributed by atoms with van der Waals surface area (Å²) in [5.41, 5.74) is 6.42. The molecular weight excluding hydrogens is 222 g/mol. The first kappa shape index (κ1) is 10.6. The molecule has 1 aromatic carbocycles. The maximum atomic E-state index is 10.6.